The number of amides is 1. The number of likely N-dealkylation sites (tertiary alicyclic amines) is 1. The lowest BCUT2D eigenvalue weighted by atomic mass is 9.99. The first kappa shape index (κ1) is 24.8. The Kier molecular flexibility index (Phi) is 9.03. The minimum absolute atomic E-state index is 0.0834. The number of nitrogens with zero attached hydrogens (tertiary/aromatic N) is 2. The van der Waals surface area contributed by atoms with Gasteiger partial charge in [-0.2, -0.15) is 13.2 Å². The topological polar surface area (TPSA) is 77.9 Å². The number of unbranched alkanes of at least 4 members (excludes halogenated alkanes) is 1. The molecule has 1 N–H and O–H groups in total. The highest BCUT2D eigenvalue weighted by Crippen LogP contribution is 2.27. The highest BCUT2D eigenvalue weighted by molar-refractivity contribution is 6.10. The molecule has 2 aliphatic heterocycles. The number of carboxylic acid groups (broad SMARTS) is 1. The van der Waals surface area contributed by atoms with Gasteiger partial charge in [-0.05, 0) is 63.4 Å². The fraction of sp³-hybridized carbons (Fsp3) is 0.591. The van der Waals surface area contributed by atoms with Crippen LogP contribution in [0.3, 0.4) is 0 Å². The van der Waals surface area contributed by atoms with E-state index in [0.717, 1.165) is 31.0 Å². The lowest BCUT2D eigenvalue weighted by Crippen LogP contribution is -2.35. The van der Waals surface area contributed by atoms with Gasteiger partial charge in [-0.1, -0.05) is 19.1 Å². The van der Waals surface area contributed by atoms with E-state index < -0.39 is 12.1 Å². The first-order valence-electron chi connectivity index (χ1n) is 10.5. The number of fused-ring (bicyclic) bond motifs is 1. The van der Waals surface area contributed by atoms with Gasteiger partial charge < -0.3 is 14.9 Å². The van der Waals surface area contributed by atoms with Crippen molar-refractivity contribution in [2.45, 2.75) is 51.6 Å². The van der Waals surface area contributed by atoms with Gasteiger partial charge in [0.1, 0.15) is 0 Å². The molecule has 0 aromatic heterocycles. The van der Waals surface area contributed by atoms with Crippen molar-refractivity contribution in [2.24, 2.45) is 5.92 Å². The van der Waals surface area contributed by atoms with Crippen LogP contribution < -0.4 is 4.90 Å². The van der Waals surface area contributed by atoms with Gasteiger partial charge in [0.15, 0.2) is 5.78 Å². The Morgan fingerprint density at radius 3 is 2.26 bits per heavy atom. The lowest BCUT2D eigenvalue weighted by Gasteiger charge is -2.30. The zero-order valence-corrected chi connectivity index (χ0v) is 17.7. The summed E-state index contributed by atoms with van der Waals surface area (Å²) in [7, 11) is 0. The number of ketones is 1. The molecule has 0 saturated carbocycles. The van der Waals surface area contributed by atoms with Crippen LogP contribution in [0.1, 0.15) is 55.8 Å². The van der Waals surface area contributed by atoms with E-state index >= 15 is 0 Å². The molecule has 0 aliphatic carbocycles. The molecule has 3 rings (SSSR count). The number of piperidine rings is 1. The Hall–Kier alpha value is -2.42. The SMILES string of the molecule is CC1CCN(CCCCN2C(=O)CCC(=O)c3ccccc32)CC1.O=C(O)C(F)(F)F. The second kappa shape index (κ2) is 11.3. The number of hydrogen-bond acceptors (Lipinski definition) is 4. The third-order valence-corrected chi connectivity index (χ3v) is 5.59. The van der Waals surface area contributed by atoms with E-state index in [1.165, 1.54) is 25.9 Å². The number of carboxylic acids is 1. The standard InChI is InChI=1S/C20H28N2O2.C2HF3O2/c1-16-10-14-21(15-11-16)12-4-5-13-22-18-7-3-2-6-17(18)19(23)8-9-20(22)24;3-2(4,5)1(6)7/h2-3,6-7,16H,4-5,8-15H2,1H3;(H,6,7). The molecule has 1 amide bonds. The molecule has 1 saturated heterocycles. The van der Waals surface area contributed by atoms with Crippen LogP contribution in [0, 0.1) is 5.92 Å². The van der Waals surface area contributed by atoms with Crippen LogP contribution in [0.5, 0.6) is 0 Å². The Labute approximate surface area is 180 Å². The molecule has 172 valence electrons. The zero-order chi connectivity index (χ0) is 23.0. The maximum Gasteiger partial charge on any atom is 0.490 e. The third kappa shape index (κ3) is 7.65. The van der Waals surface area contributed by atoms with Crippen LogP contribution in [-0.2, 0) is 9.59 Å². The highest BCUT2D eigenvalue weighted by atomic mass is 19.4. The van der Waals surface area contributed by atoms with Crippen molar-refractivity contribution >= 4 is 23.3 Å². The number of carbonyl (C=O) groups is 3. The van der Waals surface area contributed by atoms with E-state index in [2.05, 4.69) is 11.8 Å². The predicted octanol–water partition coefficient (Wildman–Crippen LogP) is 4.14. The Bertz CT molecular complexity index is 774. The number of hydrogen-bond donors (Lipinski definition) is 1. The van der Waals surface area contributed by atoms with Crippen molar-refractivity contribution in [1.82, 2.24) is 4.90 Å². The van der Waals surface area contributed by atoms with Crippen LogP contribution in [0.25, 0.3) is 0 Å². The van der Waals surface area contributed by atoms with Crippen molar-refractivity contribution in [3.8, 4) is 0 Å². The lowest BCUT2D eigenvalue weighted by molar-refractivity contribution is -0.192. The van der Waals surface area contributed by atoms with Crippen LogP contribution in [0.2, 0.25) is 0 Å². The smallest absolute Gasteiger partial charge is 0.475 e. The number of Topliss-reactive ketones (excluding diaryl/α,β-unsaturated/α-hetero) is 1. The number of aliphatic carboxylic acids is 1. The summed E-state index contributed by atoms with van der Waals surface area (Å²) >= 11 is 0. The average molecular weight is 442 g/mol. The summed E-state index contributed by atoms with van der Waals surface area (Å²) < 4.78 is 31.7. The van der Waals surface area contributed by atoms with E-state index in [0.29, 0.717) is 24.9 Å². The molecule has 0 atom stereocenters. The van der Waals surface area contributed by atoms with Gasteiger partial charge in [0, 0.05) is 24.9 Å². The Morgan fingerprint density at radius 1 is 1.06 bits per heavy atom. The molecule has 1 aromatic rings. The molecule has 6 nitrogen and oxygen atoms in total. The molecule has 31 heavy (non-hydrogen) atoms. The normalized spacial score (nSPS) is 18.1. The van der Waals surface area contributed by atoms with Gasteiger partial charge in [-0.15, -0.1) is 0 Å². The van der Waals surface area contributed by atoms with Gasteiger partial charge in [0.25, 0.3) is 0 Å². The van der Waals surface area contributed by atoms with E-state index in [9.17, 15) is 22.8 Å². The summed E-state index contributed by atoms with van der Waals surface area (Å²) in [6.45, 7) is 6.59. The fourth-order valence-corrected chi connectivity index (χ4v) is 3.71. The predicted molar refractivity (Wildman–Crippen MR) is 110 cm³/mol. The minimum Gasteiger partial charge on any atom is -0.475 e. The maximum absolute atomic E-state index is 12.4. The molecule has 2 aliphatic rings. The van der Waals surface area contributed by atoms with Crippen LogP contribution in [-0.4, -0.2) is 60.0 Å². The summed E-state index contributed by atoms with van der Waals surface area (Å²) in [5, 5.41) is 7.12. The zero-order valence-electron chi connectivity index (χ0n) is 17.7. The minimum atomic E-state index is -5.08. The van der Waals surface area contributed by atoms with Crippen molar-refractivity contribution < 1.29 is 32.7 Å². The molecular weight excluding hydrogens is 413 g/mol. The number of anilines is 1. The van der Waals surface area contributed by atoms with E-state index in [-0.39, 0.29) is 11.7 Å². The maximum atomic E-state index is 12.4. The molecule has 1 aromatic carbocycles. The number of alkyl halides is 3. The van der Waals surface area contributed by atoms with Gasteiger partial charge in [-0.3, -0.25) is 9.59 Å². The summed E-state index contributed by atoms with van der Waals surface area (Å²) in [4.78, 5) is 37.9. The molecule has 0 spiro atoms. The van der Waals surface area contributed by atoms with Gasteiger partial charge >= 0.3 is 12.1 Å². The fourth-order valence-electron chi connectivity index (χ4n) is 3.71. The molecule has 0 radical (unpaired) electrons. The monoisotopic (exact) mass is 442 g/mol. The third-order valence-electron chi connectivity index (χ3n) is 5.59. The summed E-state index contributed by atoms with van der Waals surface area (Å²) in [5.74, 6) is -1.72. The van der Waals surface area contributed by atoms with Gasteiger partial charge in [0.05, 0.1) is 5.69 Å². The van der Waals surface area contributed by atoms with Crippen molar-refractivity contribution in [3.05, 3.63) is 29.8 Å². The molecule has 1 fully saturated rings. The molecule has 0 unspecified atom stereocenters. The van der Waals surface area contributed by atoms with Crippen LogP contribution in [0.4, 0.5) is 18.9 Å². The van der Waals surface area contributed by atoms with Crippen LogP contribution in [0.15, 0.2) is 24.3 Å². The quantitative estimate of drug-likeness (QED) is 0.694. The van der Waals surface area contributed by atoms with Crippen molar-refractivity contribution in [2.75, 3.05) is 31.1 Å². The largest absolute Gasteiger partial charge is 0.490 e. The van der Waals surface area contributed by atoms with Gasteiger partial charge in [-0.25, -0.2) is 4.79 Å². The number of para-hydroxylation sites is 1. The van der Waals surface area contributed by atoms with E-state index in [4.69, 9.17) is 9.90 Å². The molecular formula is C22H29F3N2O4. The van der Waals surface area contributed by atoms with Crippen LogP contribution >= 0.6 is 0 Å². The van der Waals surface area contributed by atoms with Gasteiger partial charge in [0.2, 0.25) is 5.91 Å². The number of benzene rings is 1. The average Bonchev–Trinajstić information content (AvgIpc) is 2.84. The first-order valence-corrected chi connectivity index (χ1v) is 10.5. The number of halogens is 3. The van der Waals surface area contributed by atoms with Crippen molar-refractivity contribution in [1.29, 1.82) is 0 Å². The summed E-state index contributed by atoms with van der Waals surface area (Å²) in [6.07, 6.45) is 0.282. The van der Waals surface area contributed by atoms with Crippen molar-refractivity contribution in [3.63, 3.8) is 0 Å². The number of rotatable bonds is 5. The Balaban J connectivity index is 0.000000423. The second-order valence-corrected chi connectivity index (χ2v) is 8.02. The van der Waals surface area contributed by atoms with E-state index in [1.807, 2.05) is 29.2 Å². The highest BCUT2D eigenvalue weighted by Gasteiger charge is 2.38. The second-order valence-electron chi connectivity index (χ2n) is 8.02. The molecule has 0 bridgehead atoms. The molecule has 9 heteroatoms. The van der Waals surface area contributed by atoms with E-state index in [1.54, 1.807) is 0 Å². The molecule has 2 heterocycles. The summed E-state index contributed by atoms with van der Waals surface area (Å²) in [5.41, 5.74) is 1.50. The number of carbonyl (C=O) groups excluding carboxylic acids is 2. The summed E-state index contributed by atoms with van der Waals surface area (Å²) in [6, 6.07) is 7.54. The first-order chi connectivity index (χ1) is 14.6. The Morgan fingerprint density at radius 2 is 1.65 bits per heavy atom.